The van der Waals surface area contributed by atoms with Crippen molar-refractivity contribution in [2.24, 2.45) is 0 Å². The number of hydrogen-bond donors (Lipinski definition) is 0. The van der Waals surface area contributed by atoms with E-state index < -0.39 is 0 Å². The zero-order chi connectivity index (χ0) is 22.3. The summed E-state index contributed by atoms with van der Waals surface area (Å²) in [7, 11) is 0. The molecule has 168 valence electrons. The van der Waals surface area contributed by atoms with Gasteiger partial charge in [0.05, 0.1) is 6.61 Å². The van der Waals surface area contributed by atoms with Crippen LogP contribution in [0.15, 0.2) is 65.1 Å². The van der Waals surface area contributed by atoms with Crippen LogP contribution in [0.4, 0.5) is 0 Å². The number of hydrogen-bond acceptors (Lipinski definition) is 5. The van der Waals surface area contributed by atoms with Gasteiger partial charge in [0, 0.05) is 32.7 Å². The van der Waals surface area contributed by atoms with Gasteiger partial charge in [-0.3, -0.25) is 9.69 Å². The summed E-state index contributed by atoms with van der Waals surface area (Å²) < 4.78 is 17.0. The highest BCUT2D eigenvalue weighted by molar-refractivity contribution is 5.91. The van der Waals surface area contributed by atoms with E-state index in [9.17, 15) is 4.79 Å². The highest BCUT2D eigenvalue weighted by Gasteiger charge is 2.24. The molecule has 1 saturated heterocycles. The summed E-state index contributed by atoms with van der Waals surface area (Å²) in [6.45, 7) is 9.02. The lowest BCUT2D eigenvalue weighted by Gasteiger charge is -2.34. The molecule has 1 aromatic heterocycles. The molecule has 2 heterocycles. The lowest BCUT2D eigenvalue weighted by atomic mass is 10.1. The lowest BCUT2D eigenvalue weighted by molar-refractivity contribution is 0.0594. The third-order valence-electron chi connectivity index (χ3n) is 5.70. The van der Waals surface area contributed by atoms with Crippen LogP contribution in [-0.2, 0) is 13.2 Å². The van der Waals surface area contributed by atoms with Crippen molar-refractivity contribution in [2.75, 3.05) is 32.8 Å². The zero-order valence-electron chi connectivity index (χ0n) is 18.8. The zero-order valence-corrected chi connectivity index (χ0v) is 18.8. The van der Waals surface area contributed by atoms with Crippen LogP contribution in [0.3, 0.4) is 0 Å². The molecule has 0 radical (unpaired) electrons. The Hall–Kier alpha value is -3.25. The number of nitrogens with zero attached hydrogens (tertiary/aromatic N) is 2. The quantitative estimate of drug-likeness (QED) is 0.522. The maximum Gasteiger partial charge on any atom is 0.289 e. The molecule has 1 fully saturated rings. The number of rotatable bonds is 8. The van der Waals surface area contributed by atoms with Gasteiger partial charge in [-0.05, 0) is 61.4 Å². The van der Waals surface area contributed by atoms with Crippen LogP contribution in [0.25, 0.3) is 0 Å². The second kappa shape index (κ2) is 10.4. The van der Waals surface area contributed by atoms with Gasteiger partial charge in [0.15, 0.2) is 5.76 Å². The van der Waals surface area contributed by atoms with Crippen molar-refractivity contribution < 1.29 is 18.7 Å². The van der Waals surface area contributed by atoms with Crippen LogP contribution in [0.5, 0.6) is 11.5 Å². The second-order valence-corrected chi connectivity index (χ2v) is 7.95. The molecular formula is C26H30N2O4. The maximum absolute atomic E-state index is 12.9. The molecule has 0 bridgehead atoms. The first kappa shape index (κ1) is 22.0. The Morgan fingerprint density at radius 3 is 2.28 bits per heavy atom. The molecule has 4 rings (SSSR count). The monoisotopic (exact) mass is 434 g/mol. The normalized spacial score (nSPS) is 14.4. The molecule has 3 aromatic rings. The topological polar surface area (TPSA) is 55.2 Å². The van der Waals surface area contributed by atoms with Gasteiger partial charge in [-0.1, -0.05) is 24.3 Å². The molecule has 1 aliphatic heterocycles. The summed E-state index contributed by atoms with van der Waals surface area (Å²) in [5, 5.41) is 0. The van der Waals surface area contributed by atoms with E-state index in [1.165, 1.54) is 11.1 Å². The molecule has 6 nitrogen and oxygen atoms in total. The van der Waals surface area contributed by atoms with Crippen LogP contribution in [0.1, 0.15) is 34.4 Å². The fourth-order valence-corrected chi connectivity index (χ4v) is 3.82. The molecule has 0 aliphatic carbocycles. The van der Waals surface area contributed by atoms with E-state index in [0.717, 1.165) is 31.1 Å². The summed E-state index contributed by atoms with van der Waals surface area (Å²) in [5.41, 5.74) is 2.65. The smallest absolute Gasteiger partial charge is 0.289 e. The maximum atomic E-state index is 12.9. The van der Waals surface area contributed by atoms with Crippen molar-refractivity contribution in [1.82, 2.24) is 9.80 Å². The highest BCUT2D eigenvalue weighted by atomic mass is 16.5. The molecular weight excluding hydrogens is 404 g/mol. The fraction of sp³-hybridized carbons (Fsp3) is 0.346. The van der Waals surface area contributed by atoms with Crippen LogP contribution >= 0.6 is 0 Å². The van der Waals surface area contributed by atoms with Crippen molar-refractivity contribution in [2.45, 2.75) is 27.0 Å². The molecule has 0 spiro atoms. The fourth-order valence-electron chi connectivity index (χ4n) is 3.82. The summed E-state index contributed by atoms with van der Waals surface area (Å²) >= 11 is 0. The van der Waals surface area contributed by atoms with Crippen LogP contribution in [0, 0.1) is 6.92 Å². The lowest BCUT2D eigenvalue weighted by Crippen LogP contribution is -2.48. The Kier molecular flexibility index (Phi) is 7.12. The third-order valence-corrected chi connectivity index (χ3v) is 5.70. The SMILES string of the molecule is CCOc1ccc(OCc2ccc(C(=O)N3CCN(Cc4ccccc4C)CC3)o2)cc1. The largest absolute Gasteiger partial charge is 0.494 e. The van der Waals surface area contributed by atoms with Crippen molar-refractivity contribution in [3.8, 4) is 11.5 Å². The average molecular weight is 435 g/mol. The van der Waals surface area contributed by atoms with Crippen molar-refractivity contribution in [1.29, 1.82) is 0 Å². The molecule has 6 heteroatoms. The Morgan fingerprint density at radius 2 is 1.59 bits per heavy atom. The van der Waals surface area contributed by atoms with Crippen LogP contribution in [0.2, 0.25) is 0 Å². The average Bonchev–Trinajstić information content (AvgIpc) is 3.29. The Bertz CT molecular complexity index is 1020. The molecule has 0 unspecified atom stereocenters. The first-order valence-corrected chi connectivity index (χ1v) is 11.1. The van der Waals surface area contributed by atoms with Gasteiger partial charge in [-0.2, -0.15) is 0 Å². The Morgan fingerprint density at radius 1 is 0.906 bits per heavy atom. The van der Waals surface area contributed by atoms with E-state index in [2.05, 4.69) is 36.1 Å². The number of aryl methyl sites for hydroxylation is 1. The Balaban J connectivity index is 1.26. The van der Waals surface area contributed by atoms with Crippen LogP contribution < -0.4 is 9.47 Å². The summed E-state index contributed by atoms with van der Waals surface area (Å²) in [4.78, 5) is 17.1. The molecule has 0 N–H and O–H groups in total. The minimum atomic E-state index is -0.0622. The standard InChI is InChI=1S/C26H30N2O4/c1-3-30-22-8-10-23(11-9-22)31-19-24-12-13-25(32-24)26(29)28-16-14-27(15-17-28)18-21-7-5-4-6-20(21)2/h4-13H,3,14-19H2,1-2H3. The predicted molar refractivity (Wildman–Crippen MR) is 123 cm³/mol. The molecule has 0 atom stereocenters. The molecule has 1 amide bonds. The predicted octanol–water partition coefficient (Wildman–Crippen LogP) is 4.52. The summed E-state index contributed by atoms with van der Waals surface area (Å²) in [5.74, 6) is 2.46. The van der Waals surface area contributed by atoms with Gasteiger partial charge in [0.2, 0.25) is 0 Å². The number of furan rings is 1. The molecule has 0 saturated carbocycles. The van der Waals surface area contributed by atoms with E-state index >= 15 is 0 Å². The van der Waals surface area contributed by atoms with Gasteiger partial charge < -0.3 is 18.8 Å². The van der Waals surface area contributed by atoms with Gasteiger partial charge in [-0.25, -0.2) is 0 Å². The van der Waals surface area contributed by atoms with Crippen molar-refractivity contribution >= 4 is 5.91 Å². The van der Waals surface area contributed by atoms with E-state index in [1.807, 2.05) is 36.1 Å². The Labute approximate surface area is 189 Å². The van der Waals surface area contributed by atoms with Gasteiger partial charge in [0.1, 0.15) is 23.9 Å². The van der Waals surface area contributed by atoms with E-state index in [1.54, 1.807) is 12.1 Å². The summed E-state index contributed by atoms with van der Waals surface area (Å²) in [6, 6.07) is 19.5. The summed E-state index contributed by atoms with van der Waals surface area (Å²) in [6.07, 6.45) is 0. The van der Waals surface area contributed by atoms with Crippen molar-refractivity contribution in [3.63, 3.8) is 0 Å². The van der Waals surface area contributed by atoms with Gasteiger partial charge in [0.25, 0.3) is 5.91 Å². The minimum Gasteiger partial charge on any atom is -0.494 e. The third kappa shape index (κ3) is 5.51. The number of carbonyl (C=O) groups is 1. The van der Waals surface area contributed by atoms with Gasteiger partial charge in [-0.15, -0.1) is 0 Å². The first-order chi connectivity index (χ1) is 15.6. The minimum absolute atomic E-state index is 0.0622. The number of piperazine rings is 1. The molecule has 2 aromatic carbocycles. The van der Waals surface area contributed by atoms with Crippen LogP contribution in [-0.4, -0.2) is 48.5 Å². The molecule has 32 heavy (non-hydrogen) atoms. The van der Waals surface area contributed by atoms with E-state index in [0.29, 0.717) is 31.2 Å². The first-order valence-electron chi connectivity index (χ1n) is 11.1. The van der Waals surface area contributed by atoms with E-state index in [4.69, 9.17) is 13.9 Å². The number of ether oxygens (including phenoxy) is 2. The van der Waals surface area contributed by atoms with E-state index in [-0.39, 0.29) is 12.5 Å². The number of amides is 1. The number of carbonyl (C=O) groups excluding carboxylic acids is 1. The highest BCUT2D eigenvalue weighted by Crippen LogP contribution is 2.20. The second-order valence-electron chi connectivity index (χ2n) is 7.95. The van der Waals surface area contributed by atoms with Gasteiger partial charge >= 0.3 is 0 Å². The van der Waals surface area contributed by atoms with Crippen molar-refractivity contribution in [3.05, 3.63) is 83.3 Å². The number of benzene rings is 2. The molecule has 1 aliphatic rings.